The van der Waals surface area contributed by atoms with E-state index in [2.05, 4.69) is 5.32 Å². The van der Waals surface area contributed by atoms with Crippen molar-refractivity contribution in [3.63, 3.8) is 0 Å². The fraction of sp³-hybridized carbons (Fsp3) is 0.300. The van der Waals surface area contributed by atoms with Gasteiger partial charge in [-0.15, -0.1) is 0 Å². The zero-order valence-corrected chi connectivity index (χ0v) is 17.1. The fourth-order valence-corrected chi connectivity index (χ4v) is 4.78. The predicted molar refractivity (Wildman–Crippen MR) is 110 cm³/mol. The number of morpholine rings is 1. The van der Waals surface area contributed by atoms with Crippen molar-refractivity contribution in [2.24, 2.45) is 0 Å². The van der Waals surface area contributed by atoms with E-state index in [-0.39, 0.29) is 30.1 Å². The van der Waals surface area contributed by atoms with E-state index in [0.717, 1.165) is 5.56 Å². The molecule has 1 aliphatic rings. The van der Waals surface area contributed by atoms with E-state index in [0.29, 0.717) is 24.4 Å². The summed E-state index contributed by atoms with van der Waals surface area (Å²) < 4.78 is 38.5. The molecule has 2 aromatic carbocycles. The van der Waals surface area contributed by atoms with Crippen LogP contribution in [0.1, 0.15) is 5.56 Å². The number of aryl methyl sites for hydroxylation is 1. The summed E-state index contributed by atoms with van der Waals surface area (Å²) in [5.41, 5.74) is 2.07. The molecule has 0 saturated carbocycles. The van der Waals surface area contributed by atoms with Crippen LogP contribution in [0.4, 0.5) is 5.69 Å². The van der Waals surface area contributed by atoms with Gasteiger partial charge in [-0.3, -0.25) is 9.36 Å². The van der Waals surface area contributed by atoms with Gasteiger partial charge in [-0.25, -0.2) is 13.2 Å². The number of amides is 1. The van der Waals surface area contributed by atoms with Gasteiger partial charge in [-0.05, 0) is 36.8 Å². The number of anilines is 1. The van der Waals surface area contributed by atoms with E-state index in [1.165, 1.54) is 27.1 Å². The highest BCUT2D eigenvalue weighted by Crippen LogP contribution is 2.22. The van der Waals surface area contributed by atoms with Crippen LogP contribution in [0.5, 0.6) is 0 Å². The summed E-state index contributed by atoms with van der Waals surface area (Å²) in [6.07, 6.45) is 0. The maximum Gasteiger partial charge on any atom is 0.420 e. The summed E-state index contributed by atoms with van der Waals surface area (Å²) >= 11 is 0. The van der Waals surface area contributed by atoms with Crippen molar-refractivity contribution in [1.82, 2.24) is 8.87 Å². The second-order valence-corrected chi connectivity index (χ2v) is 8.96. The van der Waals surface area contributed by atoms with Gasteiger partial charge >= 0.3 is 5.76 Å². The Labute approximate surface area is 172 Å². The third-order valence-corrected chi connectivity index (χ3v) is 6.75. The van der Waals surface area contributed by atoms with Crippen LogP contribution >= 0.6 is 0 Å². The first-order chi connectivity index (χ1) is 14.3. The summed E-state index contributed by atoms with van der Waals surface area (Å²) in [7, 11) is -3.72. The van der Waals surface area contributed by atoms with Gasteiger partial charge in [-0.1, -0.05) is 12.1 Å². The molecule has 1 amide bonds. The monoisotopic (exact) mass is 431 g/mol. The van der Waals surface area contributed by atoms with Crippen molar-refractivity contribution >= 4 is 32.7 Å². The standard InChI is InChI=1S/C20H21N3O6S/c1-14-3-2-4-15(11-14)21-19(24)13-23-17-6-5-16(12-18(17)29-20(23)25)30(26,27)22-7-9-28-10-8-22/h2-6,11-12H,7-10,13H2,1H3,(H,21,24). The minimum absolute atomic E-state index is 0.0296. The molecule has 1 N–H and O–H groups in total. The number of hydrogen-bond donors (Lipinski definition) is 1. The van der Waals surface area contributed by atoms with Gasteiger partial charge in [-0.2, -0.15) is 4.31 Å². The number of fused-ring (bicyclic) bond motifs is 1. The summed E-state index contributed by atoms with van der Waals surface area (Å²) in [5, 5.41) is 2.74. The molecule has 9 nitrogen and oxygen atoms in total. The normalized spacial score (nSPS) is 15.4. The quantitative estimate of drug-likeness (QED) is 0.656. The molecule has 0 bridgehead atoms. The summed E-state index contributed by atoms with van der Waals surface area (Å²) in [5.74, 6) is -1.12. The van der Waals surface area contributed by atoms with Gasteiger partial charge in [0, 0.05) is 24.8 Å². The van der Waals surface area contributed by atoms with Crippen LogP contribution in [0.25, 0.3) is 11.1 Å². The molecular weight excluding hydrogens is 410 g/mol. The Hall–Kier alpha value is -2.95. The Morgan fingerprint density at radius 2 is 1.90 bits per heavy atom. The Bertz CT molecular complexity index is 1260. The van der Waals surface area contributed by atoms with E-state index in [1.807, 2.05) is 25.1 Å². The minimum Gasteiger partial charge on any atom is -0.408 e. The van der Waals surface area contributed by atoms with Crippen LogP contribution in [-0.2, 0) is 26.1 Å². The van der Waals surface area contributed by atoms with Gasteiger partial charge in [0.25, 0.3) is 0 Å². The predicted octanol–water partition coefficient (Wildman–Crippen LogP) is 1.56. The van der Waals surface area contributed by atoms with Crippen molar-refractivity contribution in [3.05, 3.63) is 58.6 Å². The molecule has 0 unspecified atom stereocenters. The smallest absolute Gasteiger partial charge is 0.408 e. The molecule has 10 heteroatoms. The van der Waals surface area contributed by atoms with Crippen molar-refractivity contribution in [2.45, 2.75) is 18.4 Å². The number of nitrogens with zero attached hydrogens (tertiary/aromatic N) is 2. The number of carbonyl (C=O) groups excluding carboxylic acids is 1. The number of aromatic nitrogens is 1. The average Bonchev–Trinajstić information content (AvgIpc) is 3.03. The molecule has 0 radical (unpaired) electrons. The highest BCUT2D eigenvalue weighted by molar-refractivity contribution is 7.89. The largest absolute Gasteiger partial charge is 0.420 e. The SMILES string of the molecule is Cc1cccc(NC(=O)Cn2c(=O)oc3cc(S(=O)(=O)N4CCOCC4)ccc32)c1. The Morgan fingerprint density at radius 3 is 2.63 bits per heavy atom. The molecule has 1 fully saturated rings. The van der Waals surface area contributed by atoms with Gasteiger partial charge < -0.3 is 14.5 Å². The molecule has 0 atom stereocenters. The number of ether oxygens (including phenoxy) is 1. The first-order valence-electron chi connectivity index (χ1n) is 9.42. The van der Waals surface area contributed by atoms with Crippen molar-refractivity contribution < 1.29 is 22.4 Å². The van der Waals surface area contributed by atoms with E-state index < -0.39 is 21.7 Å². The van der Waals surface area contributed by atoms with Gasteiger partial charge in [0.05, 0.1) is 23.6 Å². The van der Waals surface area contributed by atoms with Crippen LogP contribution in [0.3, 0.4) is 0 Å². The molecule has 1 aromatic heterocycles. The number of oxazole rings is 1. The number of rotatable bonds is 5. The third kappa shape index (κ3) is 4.02. The average molecular weight is 431 g/mol. The maximum atomic E-state index is 12.8. The van der Waals surface area contributed by atoms with Crippen LogP contribution in [-0.4, -0.2) is 49.5 Å². The molecule has 0 spiro atoms. The highest BCUT2D eigenvalue weighted by Gasteiger charge is 2.27. The molecule has 3 aromatic rings. The maximum absolute atomic E-state index is 12.8. The van der Waals surface area contributed by atoms with Gasteiger partial charge in [0.15, 0.2) is 5.58 Å². The zero-order valence-electron chi connectivity index (χ0n) is 16.3. The van der Waals surface area contributed by atoms with Crippen molar-refractivity contribution in [3.8, 4) is 0 Å². The molecule has 158 valence electrons. The fourth-order valence-electron chi connectivity index (χ4n) is 3.36. The second kappa shape index (κ2) is 8.05. The van der Waals surface area contributed by atoms with E-state index >= 15 is 0 Å². The lowest BCUT2D eigenvalue weighted by Gasteiger charge is -2.25. The molecule has 1 aliphatic heterocycles. The number of nitrogens with one attached hydrogen (secondary N) is 1. The molecule has 4 rings (SSSR count). The number of carbonyl (C=O) groups is 1. The van der Waals surface area contributed by atoms with Gasteiger partial charge in [0.2, 0.25) is 15.9 Å². The van der Waals surface area contributed by atoms with Crippen LogP contribution < -0.4 is 11.1 Å². The Morgan fingerprint density at radius 1 is 1.13 bits per heavy atom. The molecular formula is C20H21N3O6S. The Balaban J connectivity index is 1.59. The minimum atomic E-state index is -3.72. The molecule has 30 heavy (non-hydrogen) atoms. The van der Waals surface area contributed by atoms with Crippen LogP contribution in [0.2, 0.25) is 0 Å². The van der Waals surface area contributed by atoms with E-state index in [1.54, 1.807) is 6.07 Å². The lowest BCUT2D eigenvalue weighted by molar-refractivity contribution is -0.116. The van der Waals surface area contributed by atoms with Gasteiger partial charge in [0.1, 0.15) is 6.54 Å². The number of sulfonamides is 1. The topological polar surface area (TPSA) is 111 Å². The first-order valence-corrected chi connectivity index (χ1v) is 10.9. The lowest BCUT2D eigenvalue weighted by Crippen LogP contribution is -2.40. The molecule has 2 heterocycles. The summed E-state index contributed by atoms with van der Waals surface area (Å²) in [6.45, 7) is 2.86. The lowest BCUT2D eigenvalue weighted by atomic mass is 10.2. The zero-order chi connectivity index (χ0) is 21.3. The van der Waals surface area contributed by atoms with E-state index in [4.69, 9.17) is 9.15 Å². The number of hydrogen-bond acceptors (Lipinski definition) is 6. The third-order valence-electron chi connectivity index (χ3n) is 4.85. The molecule has 1 saturated heterocycles. The van der Waals surface area contributed by atoms with Crippen LogP contribution in [0.15, 0.2) is 56.6 Å². The van der Waals surface area contributed by atoms with Crippen LogP contribution in [0, 0.1) is 6.92 Å². The molecule has 0 aliphatic carbocycles. The Kier molecular flexibility index (Phi) is 5.46. The van der Waals surface area contributed by atoms with Crippen molar-refractivity contribution in [2.75, 3.05) is 31.6 Å². The van der Waals surface area contributed by atoms with E-state index in [9.17, 15) is 18.0 Å². The summed E-state index contributed by atoms with van der Waals surface area (Å²) in [6, 6.07) is 11.5. The van der Waals surface area contributed by atoms with Crippen molar-refractivity contribution in [1.29, 1.82) is 0 Å². The highest BCUT2D eigenvalue weighted by atomic mass is 32.2. The number of benzene rings is 2. The first kappa shape index (κ1) is 20.3. The second-order valence-electron chi connectivity index (χ2n) is 7.02. The summed E-state index contributed by atoms with van der Waals surface area (Å²) in [4.78, 5) is 24.7.